The van der Waals surface area contributed by atoms with Gasteiger partial charge in [-0.05, 0) is 45.2 Å². The van der Waals surface area contributed by atoms with E-state index in [1.165, 1.54) is 19.3 Å². The first-order chi connectivity index (χ1) is 11.6. The first kappa shape index (κ1) is 16.6. The van der Waals surface area contributed by atoms with E-state index in [9.17, 15) is 4.79 Å². The van der Waals surface area contributed by atoms with Crippen LogP contribution in [0.5, 0.6) is 0 Å². The number of piperidine rings is 1. The van der Waals surface area contributed by atoms with E-state index in [-0.39, 0.29) is 5.91 Å². The molecule has 1 aliphatic rings. The Morgan fingerprint density at radius 2 is 1.88 bits per heavy atom. The third kappa shape index (κ3) is 3.45. The molecule has 2 heterocycles. The Morgan fingerprint density at radius 3 is 2.54 bits per heavy atom. The van der Waals surface area contributed by atoms with Gasteiger partial charge >= 0.3 is 0 Å². The highest BCUT2D eigenvalue weighted by atomic mass is 16.1. The monoisotopic (exact) mass is 326 g/mol. The highest BCUT2D eigenvalue weighted by Gasteiger charge is 2.17. The SMILES string of the molecule is Cc1nn(C)c(C)c1CC(=O)Nc1ccccc1N1CCCCC1. The minimum atomic E-state index is 0.0126. The molecule has 24 heavy (non-hydrogen) atoms. The summed E-state index contributed by atoms with van der Waals surface area (Å²) >= 11 is 0. The molecule has 1 aliphatic heterocycles. The molecule has 5 heteroatoms. The molecular formula is C19H26N4O. The Kier molecular flexibility index (Phi) is 4.88. The van der Waals surface area contributed by atoms with Gasteiger partial charge in [0, 0.05) is 31.4 Å². The predicted molar refractivity (Wildman–Crippen MR) is 97.5 cm³/mol. The van der Waals surface area contributed by atoms with E-state index in [1.54, 1.807) is 0 Å². The number of amides is 1. The lowest BCUT2D eigenvalue weighted by molar-refractivity contribution is -0.115. The van der Waals surface area contributed by atoms with Gasteiger partial charge < -0.3 is 10.2 Å². The number of carbonyl (C=O) groups excluding carboxylic acids is 1. The minimum absolute atomic E-state index is 0.0126. The molecule has 1 fully saturated rings. The lowest BCUT2D eigenvalue weighted by Gasteiger charge is -2.30. The predicted octanol–water partition coefficient (Wildman–Crippen LogP) is 3.21. The average Bonchev–Trinajstić information content (AvgIpc) is 2.82. The Morgan fingerprint density at radius 1 is 1.17 bits per heavy atom. The Bertz CT molecular complexity index is 729. The van der Waals surface area contributed by atoms with E-state index in [2.05, 4.69) is 21.4 Å². The lowest BCUT2D eigenvalue weighted by Crippen LogP contribution is -2.30. The fourth-order valence-electron chi connectivity index (χ4n) is 3.42. The molecule has 0 saturated carbocycles. The third-order valence-electron chi connectivity index (χ3n) is 4.87. The number of anilines is 2. The van der Waals surface area contributed by atoms with Gasteiger partial charge in [-0.3, -0.25) is 9.48 Å². The molecule has 5 nitrogen and oxygen atoms in total. The van der Waals surface area contributed by atoms with Crippen molar-refractivity contribution in [1.82, 2.24) is 9.78 Å². The second kappa shape index (κ2) is 7.07. The van der Waals surface area contributed by atoms with Crippen LogP contribution in [-0.2, 0) is 18.3 Å². The van der Waals surface area contributed by atoms with E-state index in [0.717, 1.165) is 41.4 Å². The quantitative estimate of drug-likeness (QED) is 0.938. The van der Waals surface area contributed by atoms with E-state index in [4.69, 9.17) is 0 Å². The highest BCUT2D eigenvalue weighted by molar-refractivity contribution is 5.95. The Labute approximate surface area is 143 Å². The van der Waals surface area contributed by atoms with Gasteiger partial charge in [-0.15, -0.1) is 0 Å². The van der Waals surface area contributed by atoms with Gasteiger partial charge in [-0.25, -0.2) is 0 Å². The number of nitrogens with zero attached hydrogens (tertiary/aromatic N) is 3. The molecule has 0 spiro atoms. The summed E-state index contributed by atoms with van der Waals surface area (Å²) in [5.41, 5.74) is 5.03. The fraction of sp³-hybridized carbons (Fsp3) is 0.474. The van der Waals surface area contributed by atoms with Gasteiger partial charge in [0.1, 0.15) is 0 Å². The molecule has 1 N–H and O–H groups in total. The van der Waals surface area contributed by atoms with Crippen LogP contribution in [0.4, 0.5) is 11.4 Å². The van der Waals surface area contributed by atoms with Crippen LogP contribution in [0, 0.1) is 13.8 Å². The number of hydrogen-bond acceptors (Lipinski definition) is 3. The molecule has 1 amide bonds. The number of rotatable bonds is 4. The standard InChI is InChI=1S/C19H26N4O/c1-14-16(15(2)22(3)21-14)13-19(24)20-17-9-5-6-10-18(17)23-11-7-4-8-12-23/h5-6,9-10H,4,7-8,11-13H2,1-3H3,(H,20,24). The van der Waals surface area contributed by atoms with Crippen LogP contribution in [0.1, 0.15) is 36.2 Å². The number of para-hydroxylation sites is 2. The van der Waals surface area contributed by atoms with Gasteiger partial charge in [0.15, 0.2) is 0 Å². The minimum Gasteiger partial charge on any atom is -0.370 e. The van der Waals surface area contributed by atoms with Crippen LogP contribution in [0.25, 0.3) is 0 Å². The van der Waals surface area contributed by atoms with Crippen molar-refractivity contribution in [1.29, 1.82) is 0 Å². The van der Waals surface area contributed by atoms with Crippen LogP contribution in [0.3, 0.4) is 0 Å². The maximum Gasteiger partial charge on any atom is 0.228 e. The van der Waals surface area contributed by atoms with Crippen molar-refractivity contribution in [2.45, 2.75) is 39.5 Å². The van der Waals surface area contributed by atoms with Crippen molar-refractivity contribution in [3.05, 3.63) is 41.2 Å². The average molecular weight is 326 g/mol. The van der Waals surface area contributed by atoms with Crippen LogP contribution < -0.4 is 10.2 Å². The summed E-state index contributed by atoms with van der Waals surface area (Å²) < 4.78 is 1.83. The molecule has 0 radical (unpaired) electrons. The first-order valence-corrected chi connectivity index (χ1v) is 8.69. The van der Waals surface area contributed by atoms with Crippen molar-refractivity contribution in [3.63, 3.8) is 0 Å². The van der Waals surface area contributed by atoms with Crippen molar-refractivity contribution < 1.29 is 4.79 Å². The second-order valence-electron chi connectivity index (χ2n) is 6.56. The third-order valence-corrected chi connectivity index (χ3v) is 4.87. The fourth-order valence-corrected chi connectivity index (χ4v) is 3.42. The second-order valence-corrected chi connectivity index (χ2v) is 6.56. The summed E-state index contributed by atoms with van der Waals surface area (Å²) in [6, 6.07) is 8.10. The zero-order valence-electron chi connectivity index (χ0n) is 14.8. The maximum absolute atomic E-state index is 12.6. The first-order valence-electron chi connectivity index (χ1n) is 8.69. The number of hydrogen-bond donors (Lipinski definition) is 1. The molecule has 0 aliphatic carbocycles. The Hall–Kier alpha value is -2.30. The van der Waals surface area contributed by atoms with Crippen molar-refractivity contribution in [3.8, 4) is 0 Å². The van der Waals surface area contributed by atoms with Gasteiger partial charge in [0.05, 0.1) is 23.5 Å². The Balaban J connectivity index is 1.75. The lowest BCUT2D eigenvalue weighted by atomic mass is 10.1. The van der Waals surface area contributed by atoms with E-state index < -0.39 is 0 Å². The summed E-state index contributed by atoms with van der Waals surface area (Å²) in [5, 5.41) is 7.49. The van der Waals surface area contributed by atoms with Gasteiger partial charge in [0.25, 0.3) is 0 Å². The molecule has 3 rings (SSSR count). The maximum atomic E-state index is 12.6. The van der Waals surface area contributed by atoms with E-state index >= 15 is 0 Å². The number of aryl methyl sites for hydroxylation is 2. The molecule has 0 unspecified atom stereocenters. The van der Waals surface area contributed by atoms with Gasteiger partial charge in [-0.2, -0.15) is 5.10 Å². The van der Waals surface area contributed by atoms with Crippen molar-refractivity contribution in [2.75, 3.05) is 23.3 Å². The summed E-state index contributed by atoms with van der Waals surface area (Å²) in [6.45, 7) is 6.09. The molecule has 2 aromatic rings. The van der Waals surface area contributed by atoms with Crippen LogP contribution in [-0.4, -0.2) is 28.8 Å². The number of nitrogens with one attached hydrogen (secondary N) is 1. The largest absolute Gasteiger partial charge is 0.370 e. The van der Waals surface area contributed by atoms with Gasteiger partial charge in [-0.1, -0.05) is 12.1 Å². The van der Waals surface area contributed by atoms with E-state index in [0.29, 0.717) is 6.42 Å². The van der Waals surface area contributed by atoms with Crippen LogP contribution >= 0.6 is 0 Å². The zero-order chi connectivity index (χ0) is 17.1. The summed E-state index contributed by atoms with van der Waals surface area (Å²) in [6.07, 6.45) is 4.09. The summed E-state index contributed by atoms with van der Waals surface area (Å²) in [4.78, 5) is 14.9. The zero-order valence-corrected chi connectivity index (χ0v) is 14.8. The topological polar surface area (TPSA) is 50.2 Å². The number of aromatic nitrogens is 2. The smallest absolute Gasteiger partial charge is 0.228 e. The summed E-state index contributed by atoms with van der Waals surface area (Å²) in [7, 11) is 1.91. The van der Waals surface area contributed by atoms with Crippen molar-refractivity contribution >= 4 is 17.3 Å². The van der Waals surface area contributed by atoms with Gasteiger partial charge in [0.2, 0.25) is 5.91 Å². The molecule has 0 bridgehead atoms. The molecule has 1 aromatic heterocycles. The highest BCUT2D eigenvalue weighted by Crippen LogP contribution is 2.28. The molecule has 1 aromatic carbocycles. The van der Waals surface area contributed by atoms with Crippen LogP contribution in [0.15, 0.2) is 24.3 Å². The molecule has 1 saturated heterocycles. The number of carbonyl (C=O) groups is 1. The molecular weight excluding hydrogens is 300 g/mol. The van der Waals surface area contributed by atoms with E-state index in [1.807, 2.05) is 43.8 Å². The van der Waals surface area contributed by atoms with Crippen LogP contribution in [0.2, 0.25) is 0 Å². The summed E-state index contributed by atoms with van der Waals surface area (Å²) in [5.74, 6) is 0.0126. The molecule has 128 valence electrons. The molecule has 0 atom stereocenters. The van der Waals surface area contributed by atoms with Crippen molar-refractivity contribution in [2.24, 2.45) is 7.05 Å². The normalized spacial score (nSPS) is 14.7. The number of benzene rings is 1.